The van der Waals surface area contributed by atoms with Gasteiger partial charge in [0.1, 0.15) is 11.7 Å². The number of nitriles is 1. The van der Waals surface area contributed by atoms with Crippen molar-refractivity contribution in [1.82, 2.24) is 5.32 Å². The first-order valence-corrected chi connectivity index (χ1v) is 7.49. The molecule has 3 unspecified atom stereocenters. The van der Waals surface area contributed by atoms with E-state index in [0.29, 0.717) is 11.1 Å². The molecule has 2 amide bonds. The molecule has 0 saturated carbocycles. The minimum absolute atomic E-state index is 0.403. The highest BCUT2D eigenvalue weighted by Gasteiger charge is 2.50. The smallest absolute Gasteiger partial charge is 0.289 e. The Morgan fingerprint density at radius 1 is 1.17 bits per heavy atom. The Labute approximate surface area is 138 Å². The van der Waals surface area contributed by atoms with Gasteiger partial charge in [0, 0.05) is 12.1 Å². The Bertz CT molecular complexity index is 845. The monoisotopic (exact) mass is 324 g/mol. The van der Waals surface area contributed by atoms with Gasteiger partial charge in [0.25, 0.3) is 5.91 Å². The number of hydrogen-bond donors (Lipinski definition) is 1. The topological polar surface area (TPSA) is 73.8 Å². The SMILES string of the molecule is Cc1cc(F)ccc1C1C(C#N)C(=O)NC(=O)C1[n+]1ccccc1. The molecule has 1 fully saturated rings. The molecule has 0 spiro atoms. The molecule has 1 saturated heterocycles. The second kappa shape index (κ2) is 6.20. The van der Waals surface area contributed by atoms with Gasteiger partial charge in [-0.05, 0) is 30.2 Å². The first-order valence-electron chi connectivity index (χ1n) is 7.49. The molecule has 0 bridgehead atoms. The second-order valence-electron chi connectivity index (χ2n) is 5.75. The molecule has 2 aromatic rings. The number of imide groups is 1. The molecular weight excluding hydrogens is 309 g/mol. The van der Waals surface area contributed by atoms with Crippen molar-refractivity contribution in [3.63, 3.8) is 0 Å². The fourth-order valence-corrected chi connectivity index (χ4v) is 3.20. The summed E-state index contributed by atoms with van der Waals surface area (Å²) in [4.78, 5) is 24.6. The Morgan fingerprint density at radius 3 is 2.50 bits per heavy atom. The van der Waals surface area contributed by atoms with Crippen LogP contribution in [0.25, 0.3) is 0 Å². The third kappa shape index (κ3) is 2.65. The zero-order chi connectivity index (χ0) is 17.3. The lowest BCUT2D eigenvalue weighted by Crippen LogP contribution is -2.59. The molecule has 1 aliphatic heterocycles. The number of benzene rings is 1. The molecule has 3 rings (SSSR count). The van der Waals surface area contributed by atoms with E-state index in [-0.39, 0.29) is 0 Å². The van der Waals surface area contributed by atoms with E-state index in [2.05, 4.69) is 5.32 Å². The van der Waals surface area contributed by atoms with Gasteiger partial charge in [0.2, 0.25) is 11.9 Å². The molecule has 6 heteroatoms. The summed E-state index contributed by atoms with van der Waals surface area (Å²) < 4.78 is 15.1. The normalized spacial score (nSPS) is 23.5. The maximum Gasteiger partial charge on any atom is 0.296 e. The zero-order valence-electron chi connectivity index (χ0n) is 12.9. The summed E-state index contributed by atoms with van der Waals surface area (Å²) in [5.74, 6) is -3.23. The summed E-state index contributed by atoms with van der Waals surface area (Å²) in [5, 5.41) is 11.7. The number of aromatic nitrogens is 1. The quantitative estimate of drug-likeness (QED) is 0.673. The number of aryl methyl sites for hydroxylation is 1. The second-order valence-corrected chi connectivity index (χ2v) is 5.75. The minimum atomic E-state index is -1.04. The van der Waals surface area contributed by atoms with Crippen molar-refractivity contribution < 1.29 is 18.5 Å². The van der Waals surface area contributed by atoms with Gasteiger partial charge in [-0.2, -0.15) is 9.83 Å². The molecule has 0 radical (unpaired) electrons. The van der Waals surface area contributed by atoms with Gasteiger partial charge in [-0.25, -0.2) is 4.39 Å². The van der Waals surface area contributed by atoms with Crippen LogP contribution in [-0.4, -0.2) is 11.8 Å². The summed E-state index contributed by atoms with van der Waals surface area (Å²) in [5.41, 5.74) is 1.22. The number of hydrogen-bond acceptors (Lipinski definition) is 3. The molecule has 120 valence electrons. The van der Waals surface area contributed by atoms with E-state index in [4.69, 9.17) is 0 Å². The van der Waals surface area contributed by atoms with Crippen LogP contribution in [0.3, 0.4) is 0 Å². The number of nitrogens with one attached hydrogen (secondary N) is 1. The van der Waals surface area contributed by atoms with Gasteiger partial charge in [-0.1, -0.05) is 12.1 Å². The van der Waals surface area contributed by atoms with Gasteiger partial charge in [-0.15, -0.1) is 0 Å². The fourth-order valence-electron chi connectivity index (χ4n) is 3.20. The number of nitrogens with zero attached hydrogens (tertiary/aromatic N) is 2. The standard InChI is InChI=1S/C18H14FN3O2/c1-11-9-12(19)5-6-13(11)15-14(10-20)17(23)21-18(24)16(15)22-7-3-2-4-8-22/h2-9,14-16H,1H3/p+1. The van der Waals surface area contributed by atoms with Gasteiger partial charge >= 0.3 is 0 Å². The van der Waals surface area contributed by atoms with Crippen LogP contribution in [0.15, 0.2) is 48.8 Å². The molecule has 24 heavy (non-hydrogen) atoms. The van der Waals surface area contributed by atoms with E-state index in [1.165, 1.54) is 12.1 Å². The van der Waals surface area contributed by atoms with Crippen molar-refractivity contribution in [3.05, 3.63) is 65.7 Å². The lowest BCUT2D eigenvalue weighted by molar-refractivity contribution is -0.713. The molecule has 0 aliphatic carbocycles. The van der Waals surface area contributed by atoms with E-state index in [9.17, 15) is 19.2 Å². The maximum absolute atomic E-state index is 13.5. The average molecular weight is 324 g/mol. The van der Waals surface area contributed by atoms with Crippen LogP contribution in [0.5, 0.6) is 0 Å². The van der Waals surface area contributed by atoms with Crippen LogP contribution < -0.4 is 9.88 Å². The lowest BCUT2D eigenvalue weighted by Gasteiger charge is -2.30. The summed E-state index contributed by atoms with van der Waals surface area (Å²) >= 11 is 0. The van der Waals surface area contributed by atoms with Gasteiger partial charge in [0.05, 0.1) is 12.0 Å². The van der Waals surface area contributed by atoms with Crippen molar-refractivity contribution in [2.45, 2.75) is 18.9 Å². The van der Waals surface area contributed by atoms with Crippen molar-refractivity contribution in [2.24, 2.45) is 5.92 Å². The lowest BCUT2D eigenvalue weighted by atomic mass is 9.76. The Balaban J connectivity index is 2.19. The molecule has 3 atom stereocenters. The van der Waals surface area contributed by atoms with Gasteiger partial charge in [0.15, 0.2) is 12.4 Å². The van der Waals surface area contributed by atoms with E-state index >= 15 is 0 Å². The number of rotatable bonds is 2. The van der Waals surface area contributed by atoms with Crippen LogP contribution in [0.2, 0.25) is 0 Å². The largest absolute Gasteiger partial charge is 0.296 e. The van der Waals surface area contributed by atoms with E-state index in [1.54, 1.807) is 42.1 Å². The summed E-state index contributed by atoms with van der Waals surface area (Å²) in [6.45, 7) is 1.70. The number of piperidine rings is 1. The number of carbonyl (C=O) groups is 2. The maximum atomic E-state index is 13.5. The first-order chi connectivity index (χ1) is 11.5. The van der Waals surface area contributed by atoms with E-state index in [1.807, 2.05) is 12.1 Å². The molecule has 5 nitrogen and oxygen atoms in total. The molecule has 2 heterocycles. The van der Waals surface area contributed by atoms with Crippen molar-refractivity contribution in [3.8, 4) is 6.07 Å². The number of amides is 2. The predicted octanol–water partition coefficient (Wildman–Crippen LogP) is 1.54. The first kappa shape index (κ1) is 15.8. The molecule has 1 N–H and O–H groups in total. The molecular formula is C18H15FN3O2+. The average Bonchev–Trinajstić information content (AvgIpc) is 2.55. The molecule has 1 aromatic carbocycles. The van der Waals surface area contributed by atoms with Crippen LogP contribution >= 0.6 is 0 Å². The highest BCUT2D eigenvalue weighted by Crippen LogP contribution is 2.37. The highest BCUT2D eigenvalue weighted by atomic mass is 19.1. The Hall–Kier alpha value is -3.07. The van der Waals surface area contributed by atoms with Crippen molar-refractivity contribution in [2.75, 3.05) is 0 Å². The predicted molar refractivity (Wildman–Crippen MR) is 81.8 cm³/mol. The third-order valence-corrected chi connectivity index (χ3v) is 4.29. The minimum Gasteiger partial charge on any atom is -0.289 e. The summed E-state index contributed by atoms with van der Waals surface area (Å²) in [6.07, 6.45) is 3.42. The molecule has 1 aliphatic rings. The molecule has 1 aromatic heterocycles. The van der Waals surface area contributed by atoms with Crippen LogP contribution in [0.4, 0.5) is 4.39 Å². The number of carbonyl (C=O) groups excluding carboxylic acids is 2. The highest BCUT2D eigenvalue weighted by molar-refractivity contribution is 6.02. The number of pyridine rings is 1. The fraction of sp³-hybridized carbons (Fsp3) is 0.222. The van der Waals surface area contributed by atoms with Gasteiger partial charge < -0.3 is 0 Å². The van der Waals surface area contributed by atoms with Crippen LogP contribution in [0.1, 0.15) is 23.1 Å². The summed E-state index contributed by atoms with van der Waals surface area (Å²) in [7, 11) is 0. The third-order valence-electron chi connectivity index (χ3n) is 4.29. The van der Waals surface area contributed by atoms with E-state index in [0.717, 1.165) is 0 Å². The van der Waals surface area contributed by atoms with Gasteiger partial charge in [-0.3, -0.25) is 14.9 Å². The zero-order valence-corrected chi connectivity index (χ0v) is 12.9. The summed E-state index contributed by atoms with van der Waals surface area (Å²) in [6, 6.07) is 10.7. The number of halogens is 1. The Kier molecular flexibility index (Phi) is 4.09. The van der Waals surface area contributed by atoms with E-state index < -0.39 is 35.5 Å². The Morgan fingerprint density at radius 2 is 1.88 bits per heavy atom. The van der Waals surface area contributed by atoms with Crippen LogP contribution in [-0.2, 0) is 9.59 Å². The van der Waals surface area contributed by atoms with Crippen LogP contribution in [0, 0.1) is 30.0 Å². The van der Waals surface area contributed by atoms with Crippen molar-refractivity contribution in [1.29, 1.82) is 5.26 Å². The van der Waals surface area contributed by atoms with Crippen molar-refractivity contribution >= 4 is 11.8 Å².